The maximum absolute atomic E-state index is 11.9. The lowest BCUT2D eigenvalue weighted by atomic mass is 10.1. The van der Waals surface area contributed by atoms with Crippen LogP contribution in [0.4, 0.5) is 5.69 Å². The molecule has 0 saturated carbocycles. The van der Waals surface area contributed by atoms with Crippen molar-refractivity contribution in [3.63, 3.8) is 0 Å². The molecule has 8 nitrogen and oxygen atoms in total. The zero-order valence-corrected chi connectivity index (χ0v) is 15.1. The van der Waals surface area contributed by atoms with Crippen molar-refractivity contribution in [3.8, 4) is 0 Å². The van der Waals surface area contributed by atoms with Crippen LogP contribution in [0.25, 0.3) is 0 Å². The number of halogens is 1. The summed E-state index contributed by atoms with van der Waals surface area (Å²) in [5.74, 6) is -5.95. The number of carboxylic acid groups (broad SMARTS) is 1. The van der Waals surface area contributed by atoms with Gasteiger partial charge in [-0.05, 0) is 34.5 Å². The van der Waals surface area contributed by atoms with Gasteiger partial charge >= 0.3 is 17.9 Å². The number of Topliss-reactive ketones (excluding diaryl/α,β-unsaturated/α-hetero) is 1. The number of ether oxygens (including phenoxy) is 2. The summed E-state index contributed by atoms with van der Waals surface area (Å²) < 4.78 is 10.2. The summed E-state index contributed by atoms with van der Waals surface area (Å²) in [6.07, 6.45) is 1.01. The van der Waals surface area contributed by atoms with E-state index in [4.69, 9.17) is 14.6 Å². The highest BCUT2D eigenvalue weighted by Gasteiger charge is 2.39. The van der Waals surface area contributed by atoms with E-state index in [-0.39, 0.29) is 11.3 Å². The van der Waals surface area contributed by atoms with Gasteiger partial charge in [0.2, 0.25) is 0 Å². The number of benzene rings is 1. The van der Waals surface area contributed by atoms with E-state index in [9.17, 15) is 19.2 Å². The molecule has 2 N–H and O–H groups in total. The Morgan fingerprint density at radius 2 is 1.76 bits per heavy atom. The molecule has 0 amide bonds. The van der Waals surface area contributed by atoms with Crippen molar-refractivity contribution < 1.29 is 33.8 Å². The molecule has 0 atom stereocenters. The van der Waals surface area contributed by atoms with E-state index >= 15 is 0 Å². The molecule has 2 rings (SSSR count). The molecule has 132 valence electrons. The van der Waals surface area contributed by atoms with Crippen LogP contribution in [-0.2, 0) is 23.9 Å². The zero-order valence-electron chi connectivity index (χ0n) is 13.5. The van der Waals surface area contributed by atoms with Crippen molar-refractivity contribution in [2.75, 3.05) is 5.32 Å². The average Bonchev–Trinajstić information content (AvgIpc) is 2.48. The molecule has 1 fully saturated rings. The molecule has 0 radical (unpaired) electrons. The molecule has 1 aromatic carbocycles. The summed E-state index contributed by atoms with van der Waals surface area (Å²) in [6, 6.07) is 3.08. The minimum absolute atomic E-state index is 0.0998. The van der Waals surface area contributed by atoms with Crippen LogP contribution in [0.2, 0.25) is 0 Å². The first-order valence-electron chi connectivity index (χ1n) is 7.03. The lowest BCUT2D eigenvalue weighted by Crippen LogP contribution is -2.42. The van der Waals surface area contributed by atoms with Crippen LogP contribution >= 0.6 is 15.9 Å². The molecule has 0 aromatic heterocycles. The molecule has 1 aliphatic rings. The summed E-state index contributed by atoms with van der Waals surface area (Å²) in [4.78, 5) is 46.7. The number of hydrogen-bond donors (Lipinski definition) is 2. The van der Waals surface area contributed by atoms with Crippen molar-refractivity contribution >= 4 is 45.3 Å². The lowest BCUT2D eigenvalue weighted by molar-refractivity contribution is -0.222. The predicted octanol–water partition coefficient (Wildman–Crippen LogP) is 2.16. The molecule has 25 heavy (non-hydrogen) atoms. The van der Waals surface area contributed by atoms with Gasteiger partial charge in [0.05, 0.1) is 11.3 Å². The van der Waals surface area contributed by atoms with Gasteiger partial charge in [0.25, 0.3) is 11.6 Å². The van der Waals surface area contributed by atoms with E-state index in [1.165, 1.54) is 19.9 Å². The van der Waals surface area contributed by atoms with Crippen LogP contribution in [0.1, 0.15) is 29.8 Å². The SMILES string of the molecule is Cc1ccc(NC=C2C(=O)OC(C)(C)OC2=O)c(C(=O)C(=O)O)c1Br. The molecule has 1 aromatic rings. The van der Waals surface area contributed by atoms with Crippen LogP contribution in [0.15, 0.2) is 28.4 Å². The zero-order chi connectivity index (χ0) is 18.9. The Kier molecular flexibility index (Phi) is 4.98. The summed E-state index contributed by atoms with van der Waals surface area (Å²) in [6.45, 7) is 4.50. The first kappa shape index (κ1) is 18.7. The molecule has 0 aliphatic carbocycles. The summed E-state index contributed by atoms with van der Waals surface area (Å²) in [7, 11) is 0. The van der Waals surface area contributed by atoms with Crippen LogP contribution in [0, 0.1) is 6.92 Å². The first-order valence-corrected chi connectivity index (χ1v) is 7.83. The highest BCUT2D eigenvalue weighted by molar-refractivity contribution is 9.10. The minimum Gasteiger partial charge on any atom is -0.475 e. The van der Waals surface area contributed by atoms with E-state index in [0.29, 0.717) is 10.0 Å². The van der Waals surface area contributed by atoms with Gasteiger partial charge in [-0.1, -0.05) is 6.07 Å². The fourth-order valence-corrected chi connectivity index (χ4v) is 2.58. The number of nitrogens with one attached hydrogen (secondary N) is 1. The summed E-state index contributed by atoms with van der Waals surface area (Å²) in [5, 5.41) is 11.6. The van der Waals surface area contributed by atoms with E-state index in [0.717, 1.165) is 6.20 Å². The third kappa shape index (κ3) is 3.87. The van der Waals surface area contributed by atoms with Crippen LogP contribution in [0.5, 0.6) is 0 Å². The standard InChI is InChI=1S/C16H14BrNO7/c1-7-4-5-9(10(11(7)17)12(19)13(20)21)18-6-8-14(22)24-16(2,3)25-15(8)23/h4-6,18H,1-3H3,(H,20,21). The summed E-state index contributed by atoms with van der Waals surface area (Å²) in [5.41, 5.74) is 0.191. The van der Waals surface area contributed by atoms with Gasteiger partial charge in [0.1, 0.15) is 0 Å². The quantitative estimate of drug-likeness (QED) is 0.254. The van der Waals surface area contributed by atoms with Gasteiger partial charge in [-0.15, -0.1) is 0 Å². The number of carbonyl (C=O) groups excluding carboxylic acids is 3. The predicted molar refractivity (Wildman–Crippen MR) is 88.8 cm³/mol. The molecule has 1 heterocycles. The molecule has 9 heteroatoms. The number of rotatable bonds is 4. The third-order valence-corrected chi connectivity index (χ3v) is 4.27. The normalized spacial score (nSPS) is 15.9. The molecular weight excluding hydrogens is 398 g/mol. The average molecular weight is 412 g/mol. The Hall–Kier alpha value is -2.68. The number of cyclic esters (lactones) is 2. The maximum Gasteiger partial charge on any atom is 0.377 e. The second-order valence-corrected chi connectivity index (χ2v) is 6.43. The van der Waals surface area contributed by atoms with Crippen molar-refractivity contribution in [3.05, 3.63) is 39.5 Å². The number of carbonyl (C=O) groups is 4. The maximum atomic E-state index is 11.9. The Labute approximate surface area is 150 Å². The smallest absolute Gasteiger partial charge is 0.377 e. The van der Waals surface area contributed by atoms with Gasteiger partial charge in [-0.2, -0.15) is 0 Å². The highest BCUT2D eigenvalue weighted by Crippen LogP contribution is 2.30. The molecular formula is C16H14BrNO7. The lowest BCUT2D eigenvalue weighted by Gasteiger charge is -2.29. The number of aryl methyl sites for hydroxylation is 1. The number of esters is 2. The molecule has 1 aliphatic heterocycles. The second-order valence-electron chi connectivity index (χ2n) is 5.63. The highest BCUT2D eigenvalue weighted by atomic mass is 79.9. The third-order valence-electron chi connectivity index (χ3n) is 3.25. The Bertz CT molecular complexity index is 804. The van der Waals surface area contributed by atoms with E-state index in [1.54, 1.807) is 13.0 Å². The fourth-order valence-electron chi connectivity index (χ4n) is 2.06. The minimum atomic E-state index is -1.64. The van der Waals surface area contributed by atoms with Gasteiger partial charge in [-0.25, -0.2) is 14.4 Å². The van der Waals surface area contributed by atoms with E-state index in [2.05, 4.69) is 21.2 Å². The van der Waals surface area contributed by atoms with Gasteiger partial charge in [0, 0.05) is 24.5 Å². The second kappa shape index (κ2) is 6.67. The number of ketones is 1. The van der Waals surface area contributed by atoms with Gasteiger partial charge < -0.3 is 19.9 Å². The van der Waals surface area contributed by atoms with Crippen LogP contribution in [-0.4, -0.2) is 34.6 Å². The molecule has 0 spiro atoms. The van der Waals surface area contributed by atoms with Crippen molar-refractivity contribution in [2.24, 2.45) is 0 Å². The number of carboxylic acids is 1. The number of anilines is 1. The van der Waals surface area contributed by atoms with Gasteiger partial charge in [-0.3, -0.25) is 4.79 Å². The molecule has 1 saturated heterocycles. The molecule has 0 unspecified atom stereocenters. The van der Waals surface area contributed by atoms with Gasteiger partial charge in [0.15, 0.2) is 5.57 Å². The van der Waals surface area contributed by atoms with Crippen molar-refractivity contribution in [1.29, 1.82) is 0 Å². The Balaban J connectivity index is 2.40. The van der Waals surface area contributed by atoms with E-state index in [1.807, 2.05) is 0 Å². The summed E-state index contributed by atoms with van der Waals surface area (Å²) >= 11 is 3.18. The van der Waals surface area contributed by atoms with E-state index < -0.39 is 35.1 Å². The van der Waals surface area contributed by atoms with Crippen LogP contribution < -0.4 is 5.32 Å². The Morgan fingerprint density at radius 1 is 1.20 bits per heavy atom. The first-order chi connectivity index (χ1) is 11.5. The number of aliphatic carboxylic acids is 1. The Morgan fingerprint density at radius 3 is 2.28 bits per heavy atom. The topological polar surface area (TPSA) is 119 Å². The van der Waals surface area contributed by atoms with Crippen LogP contribution in [0.3, 0.4) is 0 Å². The number of hydrogen-bond acceptors (Lipinski definition) is 7. The largest absolute Gasteiger partial charge is 0.475 e. The molecule has 0 bridgehead atoms. The monoisotopic (exact) mass is 411 g/mol. The van der Waals surface area contributed by atoms with Crippen molar-refractivity contribution in [2.45, 2.75) is 26.6 Å². The van der Waals surface area contributed by atoms with Crippen molar-refractivity contribution in [1.82, 2.24) is 0 Å². The fraction of sp³-hybridized carbons (Fsp3) is 0.250.